The molecule has 1 rings (SSSR count). The molecule has 0 aromatic heterocycles. The highest BCUT2D eigenvalue weighted by Crippen LogP contribution is 2.18. The van der Waals surface area contributed by atoms with Crippen LogP contribution in [0.15, 0.2) is 36.4 Å². The van der Waals surface area contributed by atoms with Crippen molar-refractivity contribution in [2.45, 2.75) is 26.9 Å². The van der Waals surface area contributed by atoms with Crippen molar-refractivity contribution in [3.63, 3.8) is 0 Å². The summed E-state index contributed by atoms with van der Waals surface area (Å²) in [5.41, 5.74) is 0.0938. The highest BCUT2D eigenvalue weighted by atomic mass is 19.1. The number of hydrogen-bond acceptors (Lipinski definition) is 3. The molecular formula is C16H21FN2O3. The predicted octanol–water partition coefficient (Wildman–Crippen LogP) is 1.84. The Morgan fingerprint density at radius 1 is 1.18 bits per heavy atom. The number of benzene rings is 1. The average Bonchev–Trinajstić information content (AvgIpc) is 2.44. The Morgan fingerprint density at radius 2 is 1.73 bits per heavy atom. The summed E-state index contributed by atoms with van der Waals surface area (Å²) in [6.07, 6.45) is 1.47. The third-order valence-corrected chi connectivity index (χ3v) is 2.97. The molecule has 1 unspecified atom stereocenters. The van der Waals surface area contributed by atoms with Gasteiger partial charge in [0.25, 0.3) is 0 Å². The van der Waals surface area contributed by atoms with Gasteiger partial charge in [-0.15, -0.1) is 0 Å². The number of carbonyl (C=O) groups is 2. The van der Waals surface area contributed by atoms with Crippen LogP contribution in [0.2, 0.25) is 0 Å². The molecule has 120 valence electrons. The Labute approximate surface area is 129 Å². The molecule has 5 nitrogen and oxygen atoms in total. The monoisotopic (exact) mass is 308 g/mol. The van der Waals surface area contributed by atoms with Crippen molar-refractivity contribution < 1.29 is 19.1 Å². The Bertz CT molecular complexity index is 548. The second-order valence-corrected chi connectivity index (χ2v) is 5.96. The first-order valence-electron chi connectivity index (χ1n) is 6.89. The first kappa shape index (κ1) is 17.8. The number of aliphatic hydroxyl groups is 1. The van der Waals surface area contributed by atoms with Crippen LogP contribution >= 0.6 is 0 Å². The van der Waals surface area contributed by atoms with Crippen molar-refractivity contribution >= 4 is 17.5 Å². The van der Waals surface area contributed by atoms with E-state index in [-0.39, 0.29) is 12.0 Å². The molecule has 22 heavy (non-hydrogen) atoms. The molecule has 0 aliphatic rings. The van der Waals surface area contributed by atoms with Gasteiger partial charge < -0.3 is 15.7 Å². The molecule has 1 aromatic rings. The third-order valence-electron chi connectivity index (χ3n) is 2.97. The molecule has 0 bridgehead atoms. The summed E-state index contributed by atoms with van der Waals surface area (Å²) in [5, 5.41) is 14.8. The van der Waals surface area contributed by atoms with E-state index in [2.05, 4.69) is 10.6 Å². The van der Waals surface area contributed by atoms with E-state index in [4.69, 9.17) is 0 Å². The van der Waals surface area contributed by atoms with Gasteiger partial charge in [0, 0.05) is 24.4 Å². The summed E-state index contributed by atoms with van der Waals surface area (Å²) in [4.78, 5) is 23.1. The maximum Gasteiger partial charge on any atom is 0.248 e. The van der Waals surface area contributed by atoms with E-state index >= 15 is 0 Å². The SMILES string of the molecule is CC(C)(C)C(O)CNC(=O)/C=C/C(=O)Nc1ccc(F)cc1. The number of amides is 2. The van der Waals surface area contributed by atoms with Crippen LogP contribution in [-0.2, 0) is 9.59 Å². The summed E-state index contributed by atoms with van der Waals surface area (Å²) in [6.45, 7) is 5.67. The smallest absolute Gasteiger partial charge is 0.248 e. The number of hydrogen-bond donors (Lipinski definition) is 3. The fraction of sp³-hybridized carbons (Fsp3) is 0.375. The van der Waals surface area contributed by atoms with E-state index in [1.807, 2.05) is 20.8 Å². The number of halogens is 1. The number of carbonyl (C=O) groups excluding carboxylic acids is 2. The fourth-order valence-electron chi connectivity index (χ4n) is 1.43. The van der Waals surface area contributed by atoms with Crippen LogP contribution in [0.1, 0.15) is 20.8 Å². The minimum absolute atomic E-state index is 0.103. The average molecular weight is 308 g/mol. The van der Waals surface area contributed by atoms with Crippen molar-refractivity contribution in [3.8, 4) is 0 Å². The maximum absolute atomic E-state index is 12.7. The second kappa shape index (κ2) is 7.70. The Balaban J connectivity index is 2.42. The lowest BCUT2D eigenvalue weighted by atomic mass is 9.89. The van der Waals surface area contributed by atoms with Crippen LogP contribution in [0.25, 0.3) is 0 Å². The van der Waals surface area contributed by atoms with Crippen LogP contribution < -0.4 is 10.6 Å². The Morgan fingerprint density at radius 3 is 2.27 bits per heavy atom. The summed E-state index contributed by atoms with van der Waals surface area (Å²) in [7, 11) is 0. The maximum atomic E-state index is 12.7. The standard InChI is InChI=1S/C16H21FN2O3/c1-16(2,3)13(20)10-18-14(21)8-9-15(22)19-12-6-4-11(17)5-7-12/h4-9,13,20H,10H2,1-3H3,(H,18,21)(H,19,22)/b9-8+. The summed E-state index contributed by atoms with van der Waals surface area (Å²) >= 11 is 0. The highest BCUT2D eigenvalue weighted by molar-refractivity contribution is 6.03. The normalized spacial score (nSPS) is 13.0. The van der Waals surface area contributed by atoms with E-state index < -0.39 is 23.7 Å². The molecular weight excluding hydrogens is 287 g/mol. The lowest BCUT2D eigenvalue weighted by molar-refractivity contribution is -0.118. The Kier molecular flexibility index (Phi) is 6.24. The van der Waals surface area contributed by atoms with Crippen molar-refractivity contribution in [2.24, 2.45) is 5.41 Å². The van der Waals surface area contributed by atoms with Gasteiger partial charge in [-0.25, -0.2) is 4.39 Å². The zero-order chi connectivity index (χ0) is 16.8. The van der Waals surface area contributed by atoms with Gasteiger partial charge in [0.15, 0.2) is 0 Å². The molecule has 6 heteroatoms. The molecule has 1 aromatic carbocycles. The van der Waals surface area contributed by atoms with E-state index in [9.17, 15) is 19.1 Å². The molecule has 0 saturated heterocycles. The number of aliphatic hydroxyl groups excluding tert-OH is 1. The minimum Gasteiger partial charge on any atom is -0.391 e. The third kappa shape index (κ3) is 6.49. The van der Waals surface area contributed by atoms with Crippen LogP contribution in [0.3, 0.4) is 0 Å². The number of rotatable bonds is 5. The highest BCUT2D eigenvalue weighted by Gasteiger charge is 2.21. The van der Waals surface area contributed by atoms with Gasteiger partial charge in [0.1, 0.15) is 5.82 Å². The number of anilines is 1. The Hall–Kier alpha value is -2.21. The molecule has 0 radical (unpaired) electrons. The van der Waals surface area contributed by atoms with Crippen LogP contribution in [0, 0.1) is 11.2 Å². The molecule has 1 atom stereocenters. The molecule has 3 N–H and O–H groups in total. The van der Waals surface area contributed by atoms with Crippen molar-refractivity contribution in [3.05, 3.63) is 42.2 Å². The summed E-state index contributed by atoms with van der Waals surface area (Å²) in [6, 6.07) is 5.28. The van der Waals surface area contributed by atoms with Crippen molar-refractivity contribution in [2.75, 3.05) is 11.9 Å². The first-order valence-corrected chi connectivity index (χ1v) is 6.89. The first-order chi connectivity index (χ1) is 10.2. The van der Waals surface area contributed by atoms with E-state index in [1.54, 1.807) is 0 Å². The summed E-state index contributed by atoms with van der Waals surface area (Å²) < 4.78 is 12.7. The van der Waals surface area contributed by atoms with Crippen LogP contribution in [0.5, 0.6) is 0 Å². The lowest BCUT2D eigenvalue weighted by Gasteiger charge is -2.25. The van der Waals surface area contributed by atoms with Gasteiger partial charge in [-0.2, -0.15) is 0 Å². The molecule has 0 heterocycles. The van der Waals surface area contributed by atoms with Gasteiger partial charge in [-0.05, 0) is 29.7 Å². The second-order valence-electron chi connectivity index (χ2n) is 5.96. The molecule has 0 saturated carbocycles. The van der Waals surface area contributed by atoms with Crippen molar-refractivity contribution in [1.82, 2.24) is 5.32 Å². The van der Waals surface area contributed by atoms with Gasteiger partial charge >= 0.3 is 0 Å². The van der Waals surface area contributed by atoms with Gasteiger partial charge in [0.2, 0.25) is 11.8 Å². The minimum atomic E-state index is -0.683. The number of nitrogens with one attached hydrogen (secondary N) is 2. The van der Waals surface area contributed by atoms with Crippen molar-refractivity contribution in [1.29, 1.82) is 0 Å². The van der Waals surface area contributed by atoms with Gasteiger partial charge in [-0.3, -0.25) is 9.59 Å². The lowest BCUT2D eigenvalue weighted by Crippen LogP contribution is -2.38. The molecule has 2 amide bonds. The van der Waals surface area contributed by atoms with E-state index in [0.29, 0.717) is 5.69 Å². The molecule has 0 aliphatic heterocycles. The molecule has 0 spiro atoms. The fourth-order valence-corrected chi connectivity index (χ4v) is 1.43. The van der Waals surface area contributed by atoms with E-state index in [1.165, 1.54) is 24.3 Å². The zero-order valence-electron chi connectivity index (χ0n) is 12.9. The quantitative estimate of drug-likeness (QED) is 0.726. The topological polar surface area (TPSA) is 78.4 Å². The largest absolute Gasteiger partial charge is 0.391 e. The molecule has 0 fully saturated rings. The summed E-state index contributed by atoms with van der Waals surface area (Å²) in [5.74, 6) is -1.37. The van der Waals surface area contributed by atoms with Crippen LogP contribution in [0.4, 0.5) is 10.1 Å². The molecule has 0 aliphatic carbocycles. The zero-order valence-corrected chi connectivity index (χ0v) is 12.9. The van der Waals surface area contributed by atoms with Gasteiger partial charge in [-0.1, -0.05) is 20.8 Å². The van der Waals surface area contributed by atoms with Gasteiger partial charge in [0.05, 0.1) is 6.10 Å². The van der Waals surface area contributed by atoms with E-state index in [0.717, 1.165) is 12.2 Å². The van der Waals surface area contributed by atoms with Crippen LogP contribution in [-0.4, -0.2) is 29.6 Å². The predicted molar refractivity (Wildman–Crippen MR) is 82.6 cm³/mol.